The van der Waals surface area contributed by atoms with E-state index < -0.39 is 7.82 Å². The number of hydrogen-bond acceptors (Lipinski definition) is 4. The Morgan fingerprint density at radius 1 is 0.760 bits per heavy atom. The second-order valence-corrected chi connectivity index (χ2v) is 8.33. The smallest absolute Gasteiger partial charge is 0.330 e. The Morgan fingerprint density at radius 3 is 1.56 bits per heavy atom. The summed E-state index contributed by atoms with van der Waals surface area (Å²) in [7, 11) is -3.69. The van der Waals surface area contributed by atoms with Crippen LogP contribution < -0.4 is 5.73 Å². The molecule has 5 nitrogen and oxygen atoms in total. The van der Waals surface area contributed by atoms with E-state index in [0.717, 1.165) is 32.2 Å². The minimum atomic E-state index is -3.69. The summed E-state index contributed by atoms with van der Waals surface area (Å²) < 4.78 is 20.1. The second-order valence-electron chi connectivity index (χ2n) is 6.87. The number of rotatable bonds is 11. The summed E-state index contributed by atoms with van der Waals surface area (Å²) >= 11 is 0. The van der Waals surface area contributed by atoms with Gasteiger partial charge in [0.2, 0.25) is 0 Å². The molecule has 0 radical (unpaired) electrons. The number of nitrogens with two attached hydrogens (primary N) is 1. The van der Waals surface area contributed by atoms with Crippen LogP contribution in [-0.2, 0) is 13.6 Å². The van der Waals surface area contributed by atoms with Crippen molar-refractivity contribution in [2.45, 2.75) is 103 Å². The minimum absolute atomic E-state index is 0.327. The molecule has 0 aliphatic carbocycles. The molecule has 0 bridgehead atoms. The lowest BCUT2D eigenvalue weighted by molar-refractivity contribution is 0.154. The molecular formula is C19H42NO4P. The van der Waals surface area contributed by atoms with Gasteiger partial charge >= 0.3 is 7.82 Å². The van der Waals surface area contributed by atoms with Gasteiger partial charge in [-0.25, -0.2) is 4.57 Å². The second kappa shape index (κ2) is 18.8. The molecule has 6 heteroatoms. The fourth-order valence-electron chi connectivity index (χ4n) is 2.76. The maximum absolute atomic E-state index is 10.9. The molecule has 1 rings (SSSR count). The number of unbranched alkanes of at least 4 members (excludes halogenated alkanes) is 10. The van der Waals surface area contributed by atoms with Gasteiger partial charge in [-0.1, -0.05) is 84.0 Å². The zero-order chi connectivity index (χ0) is 18.6. The molecule has 1 fully saturated rings. The van der Waals surface area contributed by atoms with Crippen LogP contribution >= 0.6 is 7.82 Å². The van der Waals surface area contributed by atoms with Crippen LogP contribution in [0.15, 0.2) is 0 Å². The van der Waals surface area contributed by atoms with Crippen molar-refractivity contribution in [1.82, 2.24) is 0 Å². The van der Waals surface area contributed by atoms with Crippen LogP contribution in [0.25, 0.3) is 0 Å². The molecule has 0 saturated carbocycles. The first-order valence-corrected chi connectivity index (χ1v) is 11.9. The maximum Gasteiger partial charge on any atom is 0.472 e. The normalized spacial score (nSPS) is 17.7. The quantitative estimate of drug-likeness (QED) is 0.342. The van der Waals surface area contributed by atoms with E-state index in [1.807, 2.05) is 0 Å². The van der Waals surface area contributed by atoms with Gasteiger partial charge in [-0.15, -0.1) is 0 Å². The Kier molecular flexibility index (Phi) is 18.9. The molecule has 0 aromatic heterocycles. The molecular weight excluding hydrogens is 337 g/mol. The lowest BCUT2D eigenvalue weighted by atomic mass is 10.1. The molecule has 0 aromatic rings. The average molecular weight is 380 g/mol. The van der Waals surface area contributed by atoms with Crippen molar-refractivity contribution >= 4 is 7.82 Å². The molecule has 1 heterocycles. The largest absolute Gasteiger partial charge is 0.472 e. The van der Waals surface area contributed by atoms with Crippen molar-refractivity contribution in [3.05, 3.63) is 0 Å². The Morgan fingerprint density at radius 2 is 1.16 bits per heavy atom. The topological polar surface area (TPSA) is 81.8 Å². The van der Waals surface area contributed by atoms with E-state index >= 15 is 0 Å². The van der Waals surface area contributed by atoms with Gasteiger partial charge in [0.15, 0.2) is 0 Å². The SMILES string of the molecule is CCCCCCCCCCCCCN.O=P1(O)OCCCCCCO1. The van der Waals surface area contributed by atoms with Crippen molar-refractivity contribution in [3.63, 3.8) is 0 Å². The average Bonchev–Trinajstić information content (AvgIpc) is 2.69. The monoisotopic (exact) mass is 379 g/mol. The van der Waals surface area contributed by atoms with Gasteiger partial charge in [0.25, 0.3) is 0 Å². The third kappa shape index (κ3) is 20.2. The zero-order valence-corrected chi connectivity index (χ0v) is 17.3. The zero-order valence-electron chi connectivity index (χ0n) is 16.4. The third-order valence-corrected chi connectivity index (χ3v) is 5.37. The first kappa shape index (κ1) is 25.1. The van der Waals surface area contributed by atoms with Crippen LogP contribution in [0.1, 0.15) is 103 Å². The molecule has 152 valence electrons. The molecule has 0 amide bonds. The maximum atomic E-state index is 10.9. The summed E-state index contributed by atoms with van der Waals surface area (Å²) in [6.45, 7) is 3.80. The Hall–Kier alpha value is 0.0700. The van der Waals surface area contributed by atoms with Crippen molar-refractivity contribution in [1.29, 1.82) is 0 Å². The van der Waals surface area contributed by atoms with E-state index in [4.69, 9.17) is 10.6 Å². The van der Waals surface area contributed by atoms with Crippen molar-refractivity contribution in [2.24, 2.45) is 5.73 Å². The van der Waals surface area contributed by atoms with Crippen LogP contribution in [0.4, 0.5) is 0 Å². The predicted molar refractivity (Wildman–Crippen MR) is 106 cm³/mol. The lowest BCUT2D eigenvalue weighted by Crippen LogP contribution is -1.97. The highest BCUT2D eigenvalue weighted by atomic mass is 31.2. The van der Waals surface area contributed by atoms with Crippen LogP contribution in [0.2, 0.25) is 0 Å². The molecule has 25 heavy (non-hydrogen) atoms. The minimum Gasteiger partial charge on any atom is -0.330 e. The molecule has 0 spiro atoms. The molecule has 0 atom stereocenters. The number of phosphoric ester groups is 1. The van der Waals surface area contributed by atoms with Crippen LogP contribution in [0.5, 0.6) is 0 Å². The highest BCUT2D eigenvalue weighted by Gasteiger charge is 2.20. The van der Waals surface area contributed by atoms with E-state index in [1.165, 1.54) is 70.6 Å². The molecule has 1 aliphatic heterocycles. The van der Waals surface area contributed by atoms with E-state index in [0.29, 0.717) is 13.2 Å². The Bertz CT molecular complexity index is 290. The first-order valence-electron chi connectivity index (χ1n) is 10.4. The van der Waals surface area contributed by atoms with Crippen LogP contribution in [-0.4, -0.2) is 24.7 Å². The molecule has 1 saturated heterocycles. The Balaban J connectivity index is 0.000000472. The van der Waals surface area contributed by atoms with E-state index in [2.05, 4.69) is 16.0 Å². The van der Waals surface area contributed by atoms with Gasteiger partial charge in [0.05, 0.1) is 13.2 Å². The highest BCUT2D eigenvalue weighted by molar-refractivity contribution is 7.47. The fourth-order valence-corrected chi connectivity index (χ4v) is 3.56. The predicted octanol–water partition coefficient (Wildman–Crippen LogP) is 5.95. The van der Waals surface area contributed by atoms with Gasteiger partial charge < -0.3 is 10.6 Å². The van der Waals surface area contributed by atoms with Crippen molar-refractivity contribution < 1.29 is 18.5 Å². The summed E-state index contributed by atoms with van der Waals surface area (Å²) in [5, 5.41) is 0. The summed E-state index contributed by atoms with van der Waals surface area (Å²) in [5.41, 5.74) is 5.44. The summed E-state index contributed by atoms with van der Waals surface area (Å²) in [6.07, 6.45) is 19.2. The fraction of sp³-hybridized carbons (Fsp3) is 1.00. The molecule has 0 unspecified atom stereocenters. The van der Waals surface area contributed by atoms with Gasteiger partial charge in [-0.05, 0) is 25.8 Å². The van der Waals surface area contributed by atoms with Crippen molar-refractivity contribution in [2.75, 3.05) is 19.8 Å². The van der Waals surface area contributed by atoms with Gasteiger partial charge in [0.1, 0.15) is 0 Å². The number of hydrogen-bond donors (Lipinski definition) is 2. The highest BCUT2D eigenvalue weighted by Crippen LogP contribution is 2.43. The van der Waals surface area contributed by atoms with E-state index in [-0.39, 0.29) is 0 Å². The first-order chi connectivity index (χ1) is 12.1. The molecule has 1 aliphatic rings. The van der Waals surface area contributed by atoms with Crippen molar-refractivity contribution in [3.8, 4) is 0 Å². The molecule has 0 aromatic carbocycles. The van der Waals surface area contributed by atoms with Gasteiger partial charge in [-0.3, -0.25) is 9.05 Å². The number of phosphoric acid groups is 1. The van der Waals surface area contributed by atoms with Crippen LogP contribution in [0, 0.1) is 0 Å². The summed E-state index contributed by atoms with van der Waals surface area (Å²) in [6, 6.07) is 0. The van der Waals surface area contributed by atoms with Gasteiger partial charge in [-0.2, -0.15) is 0 Å². The molecule has 3 N–H and O–H groups in total. The third-order valence-electron chi connectivity index (χ3n) is 4.36. The standard InChI is InChI=1S/C13H29N.C6H13O4P/c1-2-3-4-5-6-7-8-9-10-11-12-13-14;7-11(8)9-5-3-1-2-4-6-10-11/h2-14H2,1H3;1-6H2,(H,7,8). The van der Waals surface area contributed by atoms with E-state index in [1.54, 1.807) is 0 Å². The van der Waals surface area contributed by atoms with E-state index in [9.17, 15) is 4.57 Å². The van der Waals surface area contributed by atoms with Gasteiger partial charge in [0, 0.05) is 0 Å². The van der Waals surface area contributed by atoms with Crippen LogP contribution in [0.3, 0.4) is 0 Å². The summed E-state index contributed by atoms with van der Waals surface area (Å²) in [4.78, 5) is 8.92. The summed E-state index contributed by atoms with van der Waals surface area (Å²) in [5.74, 6) is 0. The lowest BCUT2D eigenvalue weighted by Gasteiger charge is -2.08. The Labute approximate surface area is 155 Å².